The quantitative estimate of drug-likeness (QED) is 0.930. The first-order valence-corrected chi connectivity index (χ1v) is 7.14. The van der Waals surface area contributed by atoms with E-state index in [1.54, 1.807) is 17.4 Å². The molecule has 0 aliphatic carbocycles. The van der Waals surface area contributed by atoms with E-state index in [0.717, 1.165) is 16.1 Å². The molecular weight excluding hydrogens is 258 g/mol. The van der Waals surface area contributed by atoms with Crippen LogP contribution in [0.15, 0.2) is 29.6 Å². The van der Waals surface area contributed by atoms with E-state index in [2.05, 4.69) is 25.8 Å². The number of aliphatic hydroxyl groups excluding tert-OH is 1. The third-order valence-electron chi connectivity index (χ3n) is 2.76. The van der Waals surface area contributed by atoms with Crippen molar-refractivity contribution in [1.29, 1.82) is 0 Å². The number of hydrogen-bond donors (Lipinski definition) is 1. The first-order valence-electron chi connectivity index (χ1n) is 6.26. The highest BCUT2D eigenvalue weighted by Gasteiger charge is 2.17. The minimum atomic E-state index is -0.0633. The second-order valence-corrected chi connectivity index (χ2v) is 6.51. The molecule has 1 N–H and O–H groups in total. The molecule has 0 amide bonds. The van der Waals surface area contributed by atoms with Crippen LogP contribution in [-0.4, -0.2) is 10.1 Å². The van der Waals surface area contributed by atoms with Gasteiger partial charge in [0.15, 0.2) is 0 Å². The predicted molar refractivity (Wildman–Crippen MR) is 77.5 cm³/mol. The molecule has 4 heteroatoms. The molecule has 0 saturated carbocycles. The van der Waals surface area contributed by atoms with E-state index in [4.69, 9.17) is 4.74 Å². The molecule has 0 aromatic carbocycles. The summed E-state index contributed by atoms with van der Waals surface area (Å²) in [5.41, 5.74) is 1.70. The molecule has 102 valence electrons. The lowest BCUT2D eigenvalue weighted by Gasteiger charge is -2.19. The smallest absolute Gasteiger partial charge is 0.214 e. The van der Waals surface area contributed by atoms with Gasteiger partial charge in [0, 0.05) is 16.4 Å². The summed E-state index contributed by atoms with van der Waals surface area (Å²) in [6.45, 7) is 6.81. The van der Waals surface area contributed by atoms with Crippen LogP contribution in [-0.2, 0) is 18.6 Å². The van der Waals surface area contributed by atoms with Gasteiger partial charge in [0.1, 0.15) is 6.61 Å². The Labute approximate surface area is 117 Å². The van der Waals surface area contributed by atoms with Crippen LogP contribution in [0.1, 0.15) is 36.9 Å². The normalized spacial score (nSPS) is 11.6. The molecule has 0 saturated heterocycles. The summed E-state index contributed by atoms with van der Waals surface area (Å²) in [4.78, 5) is 5.68. The largest absolute Gasteiger partial charge is 0.472 e. The molecule has 2 rings (SSSR count). The Morgan fingerprint density at radius 3 is 2.68 bits per heavy atom. The summed E-state index contributed by atoms with van der Waals surface area (Å²) in [6.07, 6.45) is 0. The number of aromatic nitrogens is 1. The molecule has 2 heterocycles. The molecule has 3 nitrogen and oxygen atoms in total. The van der Waals surface area contributed by atoms with E-state index in [-0.39, 0.29) is 12.0 Å². The number of ether oxygens (including phenoxy) is 1. The van der Waals surface area contributed by atoms with Crippen LogP contribution in [0.2, 0.25) is 0 Å². The number of hydrogen-bond acceptors (Lipinski definition) is 4. The molecule has 0 fully saturated rings. The van der Waals surface area contributed by atoms with Crippen molar-refractivity contribution in [3.05, 3.63) is 45.8 Å². The van der Waals surface area contributed by atoms with Gasteiger partial charge in [-0.3, -0.25) is 0 Å². The van der Waals surface area contributed by atoms with E-state index >= 15 is 0 Å². The third kappa shape index (κ3) is 3.78. The molecule has 0 aliphatic heterocycles. The Hall–Kier alpha value is -1.39. The Bertz CT molecular complexity index is 530. The molecule has 0 aliphatic rings. The highest BCUT2D eigenvalue weighted by Crippen LogP contribution is 2.25. The first-order chi connectivity index (χ1) is 8.99. The predicted octanol–water partition coefficient (Wildman–Crippen LogP) is 3.51. The second-order valence-electron chi connectivity index (χ2n) is 5.48. The first kappa shape index (κ1) is 14.0. The van der Waals surface area contributed by atoms with Gasteiger partial charge in [-0.05, 0) is 23.1 Å². The van der Waals surface area contributed by atoms with Crippen molar-refractivity contribution in [2.75, 3.05) is 0 Å². The molecule has 0 atom stereocenters. The molecule has 0 unspecified atom stereocenters. The molecule has 19 heavy (non-hydrogen) atoms. The van der Waals surface area contributed by atoms with Crippen molar-refractivity contribution in [2.45, 2.75) is 39.4 Å². The zero-order chi connectivity index (χ0) is 13.9. The van der Waals surface area contributed by atoms with E-state index in [9.17, 15) is 5.11 Å². The molecule has 0 bridgehead atoms. The van der Waals surface area contributed by atoms with Gasteiger partial charge in [0.2, 0.25) is 5.88 Å². The van der Waals surface area contributed by atoms with E-state index < -0.39 is 0 Å². The van der Waals surface area contributed by atoms with Crippen LogP contribution >= 0.6 is 11.3 Å². The van der Waals surface area contributed by atoms with Crippen LogP contribution in [0, 0.1) is 0 Å². The van der Waals surface area contributed by atoms with Crippen molar-refractivity contribution in [3.63, 3.8) is 0 Å². The lowest BCUT2D eigenvalue weighted by atomic mass is 9.91. The number of pyridine rings is 1. The maximum Gasteiger partial charge on any atom is 0.214 e. The van der Waals surface area contributed by atoms with Crippen LogP contribution in [0.3, 0.4) is 0 Å². The summed E-state index contributed by atoms with van der Waals surface area (Å²) in [7, 11) is 0. The van der Waals surface area contributed by atoms with Gasteiger partial charge in [-0.15, -0.1) is 11.3 Å². The maximum absolute atomic E-state index is 9.32. The lowest BCUT2D eigenvalue weighted by Crippen LogP contribution is -2.14. The SMILES string of the molecule is CC(C)(C)c1cc(CO)cc(OCc2cccs2)n1. The Balaban J connectivity index is 2.19. The van der Waals surface area contributed by atoms with Crippen molar-refractivity contribution in [2.24, 2.45) is 0 Å². The van der Waals surface area contributed by atoms with Gasteiger partial charge in [0.25, 0.3) is 0 Å². The second kappa shape index (κ2) is 5.72. The van der Waals surface area contributed by atoms with Gasteiger partial charge in [-0.2, -0.15) is 0 Å². The Morgan fingerprint density at radius 1 is 1.32 bits per heavy atom. The van der Waals surface area contributed by atoms with E-state index in [1.165, 1.54) is 0 Å². The van der Waals surface area contributed by atoms with E-state index in [1.807, 2.05) is 23.6 Å². The minimum absolute atomic E-state index is 0.000954. The lowest BCUT2D eigenvalue weighted by molar-refractivity contribution is 0.274. The van der Waals surface area contributed by atoms with Crippen LogP contribution in [0.4, 0.5) is 0 Å². The number of rotatable bonds is 4. The highest BCUT2D eigenvalue weighted by atomic mass is 32.1. The van der Waals surface area contributed by atoms with Crippen molar-refractivity contribution in [3.8, 4) is 5.88 Å². The van der Waals surface area contributed by atoms with Gasteiger partial charge in [-0.1, -0.05) is 26.8 Å². The molecule has 2 aromatic rings. The number of nitrogens with zero attached hydrogens (tertiary/aromatic N) is 1. The van der Waals surface area contributed by atoms with Crippen LogP contribution in [0.5, 0.6) is 5.88 Å². The monoisotopic (exact) mass is 277 g/mol. The standard InChI is InChI=1S/C15H19NO2S/c1-15(2,3)13-7-11(9-17)8-14(16-13)18-10-12-5-4-6-19-12/h4-8,17H,9-10H2,1-3H3. The Morgan fingerprint density at radius 2 is 2.11 bits per heavy atom. The molecule has 0 radical (unpaired) electrons. The summed E-state index contributed by atoms with van der Waals surface area (Å²) < 4.78 is 5.72. The maximum atomic E-state index is 9.32. The molecular formula is C15H19NO2S. The fourth-order valence-corrected chi connectivity index (χ4v) is 2.26. The summed E-state index contributed by atoms with van der Waals surface area (Å²) >= 11 is 1.66. The molecule has 0 spiro atoms. The number of aliphatic hydroxyl groups is 1. The van der Waals surface area contributed by atoms with Crippen molar-refractivity contribution in [1.82, 2.24) is 4.98 Å². The van der Waals surface area contributed by atoms with Gasteiger partial charge >= 0.3 is 0 Å². The van der Waals surface area contributed by atoms with Crippen molar-refractivity contribution < 1.29 is 9.84 Å². The topological polar surface area (TPSA) is 42.4 Å². The number of thiophene rings is 1. The zero-order valence-electron chi connectivity index (χ0n) is 11.5. The van der Waals surface area contributed by atoms with Gasteiger partial charge in [-0.25, -0.2) is 4.98 Å². The fourth-order valence-electron chi connectivity index (χ4n) is 1.65. The Kier molecular flexibility index (Phi) is 4.22. The average Bonchev–Trinajstić information content (AvgIpc) is 2.88. The van der Waals surface area contributed by atoms with E-state index in [0.29, 0.717) is 12.5 Å². The summed E-state index contributed by atoms with van der Waals surface area (Å²) in [6, 6.07) is 7.76. The highest BCUT2D eigenvalue weighted by molar-refractivity contribution is 7.09. The third-order valence-corrected chi connectivity index (χ3v) is 3.60. The van der Waals surface area contributed by atoms with Crippen LogP contribution in [0.25, 0.3) is 0 Å². The zero-order valence-corrected chi connectivity index (χ0v) is 12.3. The summed E-state index contributed by atoms with van der Waals surface area (Å²) in [5, 5.41) is 11.3. The fraction of sp³-hybridized carbons (Fsp3) is 0.400. The van der Waals surface area contributed by atoms with Crippen LogP contribution < -0.4 is 4.74 Å². The van der Waals surface area contributed by atoms with Gasteiger partial charge in [0.05, 0.1) is 12.3 Å². The molecule has 2 aromatic heterocycles. The average molecular weight is 277 g/mol. The van der Waals surface area contributed by atoms with Gasteiger partial charge < -0.3 is 9.84 Å². The minimum Gasteiger partial charge on any atom is -0.472 e. The summed E-state index contributed by atoms with van der Waals surface area (Å²) in [5.74, 6) is 0.574. The van der Waals surface area contributed by atoms with Crippen molar-refractivity contribution >= 4 is 11.3 Å².